The second-order valence-corrected chi connectivity index (χ2v) is 11.6. The maximum Gasteiger partial charge on any atom is 0.123 e. The van der Waals surface area contributed by atoms with Crippen molar-refractivity contribution in [3.8, 4) is 22.4 Å². The van der Waals surface area contributed by atoms with E-state index in [4.69, 9.17) is 4.98 Å². The molecule has 42 heavy (non-hydrogen) atoms. The summed E-state index contributed by atoms with van der Waals surface area (Å²) in [6, 6.07) is 49.5. The van der Waals surface area contributed by atoms with E-state index in [1.54, 1.807) is 11.8 Å². The van der Waals surface area contributed by atoms with Crippen LogP contribution in [0.4, 0.5) is 4.39 Å². The molecular formula is C39H24FNS. The van der Waals surface area contributed by atoms with Gasteiger partial charge < -0.3 is 0 Å². The summed E-state index contributed by atoms with van der Waals surface area (Å²) in [6.45, 7) is 0. The molecule has 0 atom stereocenters. The minimum absolute atomic E-state index is 0.254. The zero-order valence-corrected chi connectivity index (χ0v) is 23.4. The van der Waals surface area contributed by atoms with Crippen LogP contribution in [0.1, 0.15) is 0 Å². The van der Waals surface area contributed by atoms with Gasteiger partial charge in [-0.3, -0.25) is 0 Å². The van der Waals surface area contributed by atoms with Crippen LogP contribution in [0.2, 0.25) is 0 Å². The van der Waals surface area contributed by atoms with Crippen molar-refractivity contribution in [3.05, 3.63) is 151 Å². The van der Waals surface area contributed by atoms with Gasteiger partial charge in [0, 0.05) is 31.5 Å². The number of pyridine rings is 1. The van der Waals surface area contributed by atoms with Crippen LogP contribution in [-0.4, -0.2) is 4.98 Å². The van der Waals surface area contributed by atoms with E-state index >= 15 is 0 Å². The molecule has 0 aliphatic rings. The molecule has 0 unspecified atom stereocenters. The van der Waals surface area contributed by atoms with Crippen molar-refractivity contribution >= 4 is 55.0 Å². The molecule has 0 radical (unpaired) electrons. The van der Waals surface area contributed by atoms with Gasteiger partial charge in [-0.25, -0.2) is 9.37 Å². The Morgan fingerprint density at radius 3 is 1.67 bits per heavy atom. The Morgan fingerprint density at radius 2 is 0.976 bits per heavy atom. The van der Waals surface area contributed by atoms with Gasteiger partial charge in [0.1, 0.15) is 5.82 Å². The lowest BCUT2D eigenvalue weighted by molar-refractivity contribution is 0.628. The maximum absolute atomic E-state index is 14.0. The highest BCUT2D eigenvalue weighted by Gasteiger charge is 2.18. The molecule has 0 bridgehead atoms. The van der Waals surface area contributed by atoms with Crippen molar-refractivity contribution < 1.29 is 4.39 Å². The number of rotatable bonds is 4. The Morgan fingerprint density at radius 1 is 0.429 bits per heavy atom. The van der Waals surface area contributed by atoms with E-state index in [1.165, 1.54) is 43.5 Å². The summed E-state index contributed by atoms with van der Waals surface area (Å²) < 4.78 is 14.0. The fraction of sp³-hybridized carbons (Fsp3) is 0. The zero-order valence-electron chi connectivity index (χ0n) is 22.6. The number of fused-ring (bicyclic) bond motifs is 8. The zero-order chi connectivity index (χ0) is 28.0. The normalized spacial score (nSPS) is 11.5. The number of aromatic nitrogens is 1. The molecule has 0 saturated carbocycles. The van der Waals surface area contributed by atoms with E-state index in [0.717, 1.165) is 44.1 Å². The predicted octanol–water partition coefficient (Wildman–Crippen LogP) is 11.3. The Bertz CT molecular complexity index is 2260. The molecule has 0 fully saturated rings. The van der Waals surface area contributed by atoms with Gasteiger partial charge in [-0.2, -0.15) is 0 Å². The van der Waals surface area contributed by atoms with Gasteiger partial charge in [-0.05, 0) is 87.3 Å². The summed E-state index contributed by atoms with van der Waals surface area (Å²) in [5.41, 5.74) is 4.94. The molecule has 0 N–H and O–H groups in total. The summed E-state index contributed by atoms with van der Waals surface area (Å²) in [5, 5.41) is 8.13. The van der Waals surface area contributed by atoms with Gasteiger partial charge in [0.05, 0.1) is 11.2 Å². The molecule has 3 heteroatoms. The van der Waals surface area contributed by atoms with E-state index in [1.807, 2.05) is 18.2 Å². The molecule has 0 aliphatic carbocycles. The fourth-order valence-corrected chi connectivity index (χ4v) is 6.85. The monoisotopic (exact) mass is 557 g/mol. The van der Waals surface area contributed by atoms with Gasteiger partial charge in [0.25, 0.3) is 0 Å². The van der Waals surface area contributed by atoms with Crippen molar-refractivity contribution in [3.63, 3.8) is 0 Å². The van der Waals surface area contributed by atoms with Crippen LogP contribution in [0.5, 0.6) is 0 Å². The summed E-state index contributed by atoms with van der Waals surface area (Å²) in [4.78, 5) is 7.72. The second kappa shape index (κ2) is 10.1. The van der Waals surface area contributed by atoms with Crippen molar-refractivity contribution in [2.75, 3.05) is 0 Å². The first-order chi connectivity index (χ1) is 20.7. The van der Waals surface area contributed by atoms with Crippen LogP contribution in [0, 0.1) is 5.82 Å². The number of halogens is 1. The Balaban J connectivity index is 1.37. The average molecular weight is 558 g/mol. The first kappa shape index (κ1) is 24.8. The van der Waals surface area contributed by atoms with Gasteiger partial charge in [0.15, 0.2) is 0 Å². The van der Waals surface area contributed by atoms with Gasteiger partial charge in [0.2, 0.25) is 0 Å². The van der Waals surface area contributed by atoms with Crippen LogP contribution < -0.4 is 0 Å². The van der Waals surface area contributed by atoms with Crippen LogP contribution >= 0.6 is 11.8 Å². The van der Waals surface area contributed by atoms with Crippen LogP contribution in [-0.2, 0) is 0 Å². The molecule has 0 aliphatic heterocycles. The predicted molar refractivity (Wildman–Crippen MR) is 176 cm³/mol. The highest BCUT2D eigenvalue weighted by molar-refractivity contribution is 7.99. The molecule has 8 rings (SSSR count). The molecule has 198 valence electrons. The smallest absolute Gasteiger partial charge is 0.123 e. The number of nitrogens with zero attached hydrogens (tertiary/aromatic N) is 1. The summed E-state index contributed by atoms with van der Waals surface area (Å²) in [6.07, 6.45) is 0. The maximum atomic E-state index is 14.0. The molecule has 0 amide bonds. The molecule has 7 aromatic carbocycles. The lowest BCUT2D eigenvalue weighted by Gasteiger charge is -2.17. The minimum Gasteiger partial charge on any atom is -0.247 e. The lowest BCUT2D eigenvalue weighted by atomic mass is 9.89. The topological polar surface area (TPSA) is 12.9 Å². The Hall–Kier alpha value is -4.99. The van der Waals surface area contributed by atoms with Gasteiger partial charge in [-0.15, -0.1) is 0 Å². The number of benzene rings is 7. The van der Waals surface area contributed by atoms with E-state index in [2.05, 4.69) is 115 Å². The summed E-state index contributed by atoms with van der Waals surface area (Å²) >= 11 is 1.76. The van der Waals surface area contributed by atoms with Crippen molar-refractivity contribution in [1.82, 2.24) is 4.98 Å². The number of hydrogen-bond acceptors (Lipinski definition) is 2. The molecule has 1 heterocycles. The van der Waals surface area contributed by atoms with E-state index in [9.17, 15) is 4.39 Å². The van der Waals surface area contributed by atoms with Crippen molar-refractivity contribution in [1.29, 1.82) is 0 Å². The highest BCUT2D eigenvalue weighted by Crippen LogP contribution is 2.43. The van der Waals surface area contributed by atoms with E-state index in [-0.39, 0.29) is 5.82 Å². The molecule has 8 aromatic rings. The van der Waals surface area contributed by atoms with E-state index in [0.29, 0.717) is 0 Å². The van der Waals surface area contributed by atoms with Crippen LogP contribution in [0.3, 0.4) is 0 Å². The first-order valence-electron chi connectivity index (χ1n) is 14.0. The Kier molecular flexibility index (Phi) is 5.98. The number of hydrogen-bond donors (Lipinski definition) is 0. The molecule has 1 nitrogen and oxygen atoms in total. The molecular weight excluding hydrogens is 534 g/mol. The van der Waals surface area contributed by atoms with Crippen molar-refractivity contribution in [2.24, 2.45) is 0 Å². The summed E-state index contributed by atoms with van der Waals surface area (Å²) in [7, 11) is 0. The third kappa shape index (κ3) is 4.22. The highest BCUT2D eigenvalue weighted by atomic mass is 32.2. The summed E-state index contributed by atoms with van der Waals surface area (Å²) in [5.74, 6) is -0.254. The van der Waals surface area contributed by atoms with Gasteiger partial charge >= 0.3 is 0 Å². The standard InChI is InChI=1S/C39H24FNS/c40-28-19-14-26(15-20-28)39-38-34-13-7-5-11-32(34)31-10-4-6-12-33(31)37(38)35-23-18-27(24-36(35)41-39)25-16-21-30(22-17-25)42-29-8-2-1-3-9-29/h1-24H. The quantitative estimate of drug-likeness (QED) is 0.200. The van der Waals surface area contributed by atoms with E-state index < -0.39 is 0 Å². The first-order valence-corrected chi connectivity index (χ1v) is 14.8. The molecule has 0 spiro atoms. The van der Waals surface area contributed by atoms with Crippen LogP contribution in [0.15, 0.2) is 155 Å². The molecule has 1 aromatic heterocycles. The molecule has 0 saturated heterocycles. The van der Waals surface area contributed by atoms with Crippen LogP contribution in [0.25, 0.3) is 65.6 Å². The van der Waals surface area contributed by atoms with Crippen molar-refractivity contribution in [2.45, 2.75) is 9.79 Å². The second-order valence-electron chi connectivity index (χ2n) is 10.5. The SMILES string of the molecule is Fc1ccc(-c2nc3cc(-c4ccc(Sc5ccccc5)cc4)ccc3c3c4ccccc4c4ccccc4c23)cc1. The average Bonchev–Trinajstić information content (AvgIpc) is 3.05. The fourth-order valence-electron chi connectivity index (χ4n) is 6.02. The Labute approximate surface area is 247 Å². The third-order valence-corrected chi connectivity index (χ3v) is 8.97. The third-order valence-electron chi connectivity index (χ3n) is 7.95. The largest absolute Gasteiger partial charge is 0.247 e. The minimum atomic E-state index is -0.254. The lowest BCUT2D eigenvalue weighted by Crippen LogP contribution is -1.93. The van der Waals surface area contributed by atoms with Gasteiger partial charge in [-0.1, -0.05) is 103 Å².